The number of carbonyl (C=O) groups is 1. The SMILES string of the molecule is CN1C2COCC1CN(Sc1ccc(CNC(=O)c3ccc4nccn4c3)cc1)C2. The largest absolute Gasteiger partial charge is 0.378 e. The molecule has 0 spiro atoms. The van der Waals surface area contributed by atoms with Crippen molar-refractivity contribution in [3.8, 4) is 0 Å². The van der Waals surface area contributed by atoms with Crippen LogP contribution in [0.4, 0.5) is 0 Å². The van der Waals surface area contributed by atoms with E-state index in [0.29, 0.717) is 24.2 Å². The Bertz CT molecular complexity index is 1020. The predicted octanol–water partition coefficient (Wildman–Crippen LogP) is 2.29. The van der Waals surface area contributed by atoms with Crippen LogP contribution in [0.1, 0.15) is 15.9 Å². The van der Waals surface area contributed by atoms with Gasteiger partial charge in [0.05, 0.1) is 18.8 Å². The van der Waals surface area contributed by atoms with Gasteiger partial charge < -0.3 is 14.5 Å². The Kier molecular flexibility index (Phi) is 5.47. The molecule has 156 valence electrons. The van der Waals surface area contributed by atoms with Gasteiger partial charge >= 0.3 is 0 Å². The van der Waals surface area contributed by atoms with Gasteiger partial charge in [0, 0.05) is 55.2 Å². The maximum atomic E-state index is 12.5. The molecule has 5 rings (SSSR count). The van der Waals surface area contributed by atoms with Crippen LogP contribution in [-0.2, 0) is 11.3 Å². The molecule has 7 nitrogen and oxygen atoms in total. The Morgan fingerprint density at radius 3 is 2.70 bits per heavy atom. The normalized spacial score (nSPS) is 22.3. The number of likely N-dealkylation sites (N-methyl/N-ethyl adjacent to an activating group) is 1. The molecule has 2 aromatic heterocycles. The third-order valence-electron chi connectivity index (χ3n) is 5.86. The number of fused-ring (bicyclic) bond motifs is 3. The van der Waals surface area contributed by atoms with E-state index in [1.54, 1.807) is 18.5 Å². The summed E-state index contributed by atoms with van der Waals surface area (Å²) < 4.78 is 9.99. The summed E-state index contributed by atoms with van der Waals surface area (Å²) in [5.74, 6) is -0.0877. The summed E-state index contributed by atoms with van der Waals surface area (Å²) in [7, 11) is 2.20. The highest BCUT2D eigenvalue weighted by Gasteiger charge is 2.35. The van der Waals surface area contributed by atoms with Crippen molar-refractivity contribution >= 4 is 23.5 Å². The topological polar surface area (TPSA) is 62.1 Å². The second-order valence-electron chi connectivity index (χ2n) is 7.89. The Morgan fingerprint density at radius 2 is 1.93 bits per heavy atom. The van der Waals surface area contributed by atoms with Crippen molar-refractivity contribution in [2.24, 2.45) is 0 Å². The third kappa shape index (κ3) is 4.09. The molecular weight excluding hydrogens is 398 g/mol. The van der Waals surface area contributed by atoms with Crippen LogP contribution in [0.5, 0.6) is 0 Å². The number of pyridine rings is 1. The van der Waals surface area contributed by atoms with Gasteiger partial charge in [-0.25, -0.2) is 9.29 Å². The van der Waals surface area contributed by atoms with Gasteiger partial charge in [0.25, 0.3) is 5.91 Å². The summed E-state index contributed by atoms with van der Waals surface area (Å²) in [6.07, 6.45) is 5.36. The Labute approximate surface area is 180 Å². The Morgan fingerprint density at radius 1 is 1.17 bits per heavy atom. The average molecular weight is 424 g/mol. The number of ether oxygens (including phenoxy) is 1. The molecule has 3 aromatic rings. The van der Waals surface area contributed by atoms with Crippen molar-refractivity contribution in [3.05, 3.63) is 66.1 Å². The van der Waals surface area contributed by atoms with Crippen LogP contribution in [0.25, 0.3) is 5.65 Å². The molecule has 1 amide bonds. The van der Waals surface area contributed by atoms with Crippen LogP contribution in [0.15, 0.2) is 59.9 Å². The van der Waals surface area contributed by atoms with Crippen LogP contribution < -0.4 is 5.32 Å². The summed E-state index contributed by atoms with van der Waals surface area (Å²) in [4.78, 5) is 20.3. The fraction of sp³-hybridized carbons (Fsp3) is 0.364. The first-order chi connectivity index (χ1) is 14.7. The van der Waals surface area contributed by atoms with Gasteiger partial charge in [0.2, 0.25) is 0 Å². The average Bonchev–Trinajstić information content (AvgIpc) is 3.22. The van der Waals surface area contributed by atoms with Crippen LogP contribution in [0, 0.1) is 0 Å². The van der Waals surface area contributed by atoms with E-state index < -0.39 is 0 Å². The zero-order valence-corrected chi connectivity index (χ0v) is 17.7. The molecule has 8 heteroatoms. The van der Waals surface area contributed by atoms with E-state index in [1.807, 2.05) is 28.6 Å². The molecule has 2 aliphatic heterocycles. The first-order valence-corrected chi connectivity index (χ1v) is 11.0. The number of rotatable bonds is 5. The molecule has 2 atom stereocenters. The van der Waals surface area contributed by atoms with Crippen molar-refractivity contribution < 1.29 is 9.53 Å². The molecule has 2 fully saturated rings. The van der Waals surface area contributed by atoms with Crippen molar-refractivity contribution in [3.63, 3.8) is 0 Å². The molecule has 2 aliphatic rings. The van der Waals surface area contributed by atoms with E-state index in [2.05, 4.69) is 50.8 Å². The summed E-state index contributed by atoms with van der Waals surface area (Å²) >= 11 is 1.81. The first kappa shape index (κ1) is 19.6. The van der Waals surface area contributed by atoms with Gasteiger partial charge in [0.15, 0.2) is 0 Å². The highest BCUT2D eigenvalue weighted by Crippen LogP contribution is 2.29. The van der Waals surface area contributed by atoms with E-state index in [1.165, 1.54) is 4.90 Å². The first-order valence-electron chi connectivity index (χ1n) is 10.2. The van der Waals surface area contributed by atoms with E-state index in [4.69, 9.17) is 4.74 Å². The number of amides is 1. The van der Waals surface area contributed by atoms with E-state index >= 15 is 0 Å². The number of carbonyl (C=O) groups excluding carboxylic acids is 1. The summed E-state index contributed by atoms with van der Waals surface area (Å²) in [6.45, 7) is 4.15. The quantitative estimate of drug-likeness (QED) is 0.636. The fourth-order valence-corrected chi connectivity index (χ4v) is 5.06. The zero-order valence-electron chi connectivity index (χ0n) is 16.9. The monoisotopic (exact) mass is 423 g/mol. The highest BCUT2D eigenvalue weighted by molar-refractivity contribution is 7.97. The van der Waals surface area contributed by atoms with E-state index in [9.17, 15) is 4.79 Å². The lowest BCUT2D eigenvalue weighted by atomic mass is 10.1. The molecule has 0 aliphatic carbocycles. The lowest BCUT2D eigenvalue weighted by Gasteiger charge is -2.47. The lowest BCUT2D eigenvalue weighted by Crippen LogP contribution is -2.61. The highest BCUT2D eigenvalue weighted by atomic mass is 32.2. The van der Waals surface area contributed by atoms with Gasteiger partial charge in [0.1, 0.15) is 5.65 Å². The maximum Gasteiger partial charge on any atom is 0.253 e. The molecular formula is C22H25N5O2S. The Balaban J connectivity index is 1.16. The molecule has 2 saturated heterocycles. The predicted molar refractivity (Wildman–Crippen MR) is 116 cm³/mol. The van der Waals surface area contributed by atoms with Crippen LogP contribution in [0.3, 0.4) is 0 Å². The van der Waals surface area contributed by atoms with Gasteiger partial charge in [-0.3, -0.25) is 9.69 Å². The molecule has 2 bridgehead atoms. The minimum atomic E-state index is -0.0877. The number of hydrogen-bond donors (Lipinski definition) is 1. The summed E-state index contributed by atoms with van der Waals surface area (Å²) in [5.41, 5.74) is 2.54. The molecule has 1 aromatic carbocycles. The van der Waals surface area contributed by atoms with Gasteiger partial charge in [-0.05, 0) is 48.8 Å². The molecule has 0 radical (unpaired) electrons. The second-order valence-corrected chi connectivity index (χ2v) is 9.06. The number of nitrogens with one attached hydrogen (secondary N) is 1. The maximum absolute atomic E-state index is 12.5. The van der Waals surface area contributed by atoms with Gasteiger partial charge in [-0.15, -0.1) is 0 Å². The zero-order chi connectivity index (χ0) is 20.5. The minimum Gasteiger partial charge on any atom is -0.378 e. The van der Waals surface area contributed by atoms with Crippen molar-refractivity contribution in [2.45, 2.75) is 23.5 Å². The molecule has 2 unspecified atom stereocenters. The summed E-state index contributed by atoms with van der Waals surface area (Å²) in [5, 5.41) is 3.00. The van der Waals surface area contributed by atoms with Crippen molar-refractivity contribution in [2.75, 3.05) is 33.4 Å². The van der Waals surface area contributed by atoms with Gasteiger partial charge in [-0.2, -0.15) is 0 Å². The second kappa shape index (κ2) is 8.39. The number of aromatic nitrogens is 2. The van der Waals surface area contributed by atoms with Crippen LogP contribution in [-0.4, -0.2) is 69.9 Å². The minimum absolute atomic E-state index is 0.0877. The number of morpholine rings is 1. The van der Waals surface area contributed by atoms with Crippen molar-refractivity contribution in [1.82, 2.24) is 23.9 Å². The van der Waals surface area contributed by atoms with E-state index in [0.717, 1.165) is 37.5 Å². The van der Waals surface area contributed by atoms with Crippen LogP contribution >= 0.6 is 11.9 Å². The third-order valence-corrected chi connectivity index (χ3v) is 6.90. The molecule has 30 heavy (non-hydrogen) atoms. The number of hydrogen-bond acceptors (Lipinski definition) is 6. The number of nitrogens with zero attached hydrogens (tertiary/aromatic N) is 4. The standard InChI is InChI=1S/C22H25N5O2S/c1-25-18-12-27(13-19(25)15-29-14-18)30-20-5-2-16(3-6-20)10-24-22(28)17-4-7-21-23-8-9-26(21)11-17/h2-9,11,18-19H,10,12-15H2,1H3,(H,24,28). The van der Waals surface area contributed by atoms with E-state index in [-0.39, 0.29) is 5.91 Å². The van der Waals surface area contributed by atoms with Crippen molar-refractivity contribution in [1.29, 1.82) is 0 Å². The Hall–Kier alpha value is -2.39. The smallest absolute Gasteiger partial charge is 0.253 e. The van der Waals surface area contributed by atoms with Gasteiger partial charge in [-0.1, -0.05) is 12.1 Å². The molecule has 0 saturated carbocycles. The number of benzene rings is 1. The molecule has 1 N–H and O–H groups in total. The number of imidazole rings is 1. The molecule has 4 heterocycles. The summed E-state index contributed by atoms with van der Waals surface area (Å²) in [6, 6.07) is 13.0. The van der Waals surface area contributed by atoms with Crippen LogP contribution in [0.2, 0.25) is 0 Å². The lowest BCUT2D eigenvalue weighted by molar-refractivity contribution is -0.0671. The fourth-order valence-electron chi connectivity index (χ4n) is 4.01. The number of piperazine rings is 1.